The first-order valence-corrected chi connectivity index (χ1v) is 8.77. The minimum Gasteiger partial charge on any atom is -0.349 e. The third-order valence-electron chi connectivity index (χ3n) is 4.15. The Morgan fingerprint density at radius 3 is 2.70 bits per heavy atom. The lowest BCUT2D eigenvalue weighted by Gasteiger charge is -2.15. The van der Waals surface area contributed by atoms with E-state index < -0.39 is 17.7 Å². The van der Waals surface area contributed by atoms with E-state index in [0.717, 1.165) is 17.7 Å². The predicted octanol–water partition coefficient (Wildman–Crippen LogP) is 3.69. The number of rotatable bonds is 6. The van der Waals surface area contributed by atoms with Crippen LogP contribution in [0.5, 0.6) is 0 Å². The Morgan fingerprint density at radius 2 is 2.00 bits per heavy atom. The molecule has 0 radical (unpaired) electrons. The topological polar surface area (TPSA) is 62.7 Å². The average molecular weight is 388 g/mol. The second kappa shape index (κ2) is 8.22. The summed E-state index contributed by atoms with van der Waals surface area (Å²) in [6.07, 6.45) is -0.0207. The molecular formula is C19H18F2N4OS. The van der Waals surface area contributed by atoms with Crippen molar-refractivity contribution in [2.75, 3.05) is 0 Å². The van der Waals surface area contributed by atoms with Crippen molar-refractivity contribution in [1.82, 2.24) is 20.1 Å². The Hall–Kier alpha value is -2.87. The molecule has 0 unspecified atom stereocenters. The van der Waals surface area contributed by atoms with Crippen molar-refractivity contribution in [3.05, 3.63) is 81.9 Å². The molecule has 27 heavy (non-hydrogen) atoms. The van der Waals surface area contributed by atoms with Gasteiger partial charge in [0.1, 0.15) is 17.5 Å². The van der Waals surface area contributed by atoms with E-state index in [9.17, 15) is 13.6 Å². The van der Waals surface area contributed by atoms with E-state index in [-0.39, 0.29) is 17.9 Å². The van der Waals surface area contributed by atoms with E-state index in [4.69, 9.17) is 12.2 Å². The molecule has 0 spiro atoms. The number of aromatic amines is 1. The van der Waals surface area contributed by atoms with Crippen LogP contribution in [0.4, 0.5) is 8.78 Å². The standard InChI is InChI=1S/C19H18F2N4OS/c1-12(15-8-7-14(20)9-16(15)21)22-18(26)10-17-23-24-19(27)25(17)11-13-5-3-2-4-6-13/h2-9,12H,10-11H2,1H3,(H,22,26)(H,24,27)/t12-/m0/s1. The van der Waals surface area contributed by atoms with Gasteiger partial charge in [0.2, 0.25) is 5.91 Å². The van der Waals surface area contributed by atoms with Gasteiger partial charge in [-0.25, -0.2) is 8.78 Å². The van der Waals surface area contributed by atoms with Crippen LogP contribution in [0.3, 0.4) is 0 Å². The number of benzene rings is 2. The van der Waals surface area contributed by atoms with Crippen LogP contribution in [-0.2, 0) is 17.8 Å². The van der Waals surface area contributed by atoms with Crippen molar-refractivity contribution < 1.29 is 13.6 Å². The molecule has 5 nitrogen and oxygen atoms in total. The molecule has 0 fully saturated rings. The molecule has 2 N–H and O–H groups in total. The molecule has 1 heterocycles. The highest BCUT2D eigenvalue weighted by Crippen LogP contribution is 2.18. The summed E-state index contributed by atoms with van der Waals surface area (Å²) in [6, 6.07) is 12.3. The van der Waals surface area contributed by atoms with E-state index in [1.807, 2.05) is 30.3 Å². The van der Waals surface area contributed by atoms with Gasteiger partial charge >= 0.3 is 0 Å². The number of halogens is 2. The third-order valence-corrected chi connectivity index (χ3v) is 4.46. The maximum absolute atomic E-state index is 13.9. The van der Waals surface area contributed by atoms with Crippen LogP contribution >= 0.6 is 12.2 Å². The average Bonchev–Trinajstić information content (AvgIpc) is 2.95. The zero-order valence-electron chi connectivity index (χ0n) is 14.6. The summed E-state index contributed by atoms with van der Waals surface area (Å²) in [7, 11) is 0. The lowest BCUT2D eigenvalue weighted by atomic mass is 10.1. The molecule has 3 rings (SSSR count). The highest BCUT2D eigenvalue weighted by molar-refractivity contribution is 7.71. The summed E-state index contributed by atoms with van der Waals surface area (Å²) < 4.78 is 29.1. The van der Waals surface area contributed by atoms with Crippen molar-refractivity contribution in [3.8, 4) is 0 Å². The number of hydrogen-bond donors (Lipinski definition) is 2. The number of nitrogens with one attached hydrogen (secondary N) is 2. The van der Waals surface area contributed by atoms with Crippen molar-refractivity contribution in [3.63, 3.8) is 0 Å². The Balaban J connectivity index is 1.70. The molecule has 0 saturated heterocycles. The normalized spacial score (nSPS) is 12.0. The number of amides is 1. The fraction of sp³-hybridized carbons (Fsp3) is 0.211. The third kappa shape index (κ3) is 4.65. The fourth-order valence-electron chi connectivity index (χ4n) is 2.78. The predicted molar refractivity (Wildman–Crippen MR) is 99.6 cm³/mol. The van der Waals surface area contributed by atoms with E-state index in [2.05, 4.69) is 15.5 Å². The van der Waals surface area contributed by atoms with Crippen LogP contribution in [0, 0.1) is 16.4 Å². The van der Waals surface area contributed by atoms with Crippen molar-refractivity contribution in [1.29, 1.82) is 0 Å². The molecular weight excluding hydrogens is 370 g/mol. The van der Waals surface area contributed by atoms with Gasteiger partial charge in [-0.3, -0.25) is 14.5 Å². The molecule has 0 aliphatic heterocycles. The Labute approximate surface area is 160 Å². The van der Waals surface area contributed by atoms with E-state index in [1.54, 1.807) is 11.5 Å². The molecule has 0 bridgehead atoms. The maximum atomic E-state index is 13.9. The molecule has 0 saturated carbocycles. The zero-order valence-corrected chi connectivity index (χ0v) is 15.4. The van der Waals surface area contributed by atoms with E-state index in [0.29, 0.717) is 17.1 Å². The molecule has 0 aliphatic carbocycles. The first kappa shape index (κ1) is 18.9. The maximum Gasteiger partial charge on any atom is 0.228 e. The number of hydrogen-bond acceptors (Lipinski definition) is 3. The molecule has 2 aromatic carbocycles. The minimum atomic E-state index is -0.699. The summed E-state index contributed by atoms with van der Waals surface area (Å²) >= 11 is 5.25. The molecule has 0 aliphatic rings. The zero-order chi connectivity index (χ0) is 19.4. The summed E-state index contributed by atoms with van der Waals surface area (Å²) in [6.45, 7) is 2.12. The quantitative estimate of drug-likeness (QED) is 0.633. The summed E-state index contributed by atoms with van der Waals surface area (Å²) in [5.74, 6) is -1.22. The first-order chi connectivity index (χ1) is 12.9. The molecule has 1 amide bonds. The van der Waals surface area contributed by atoms with E-state index >= 15 is 0 Å². The Bertz CT molecular complexity index is 1000. The molecule has 3 aromatic rings. The van der Waals surface area contributed by atoms with Gasteiger partial charge in [-0.15, -0.1) is 0 Å². The monoisotopic (exact) mass is 388 g/mol. The van der Waals surface area contributed by atoms with Crippen molar-refractivity contribution in [2.24, 2.45) is 0 Å². The second-order valence-corrected chi connectivity index (χ2v) is 6.54. The smallest absolute Gasteiger partial charge is 0.228 e. The summed E-state index contributed by atoms with van der Waals surface area (Å²) in [4.78, 5) is 12.4. The number of nitrogens with zero attached hydrogens (tertiary/aromatic N) is 2. The summed E-state index contributed by atoms with van der Waals surface area (Å²) in [5, 5.41) is 9.52. The van der Waals surface area contributed by atoms with Crippen LogP contribution in [0.1, 0.15) is 29.9 Å². The van der Waals surface area contributed by atoms with Crippen LogP contribution in [0.2, 0.25) is 0 Å². The van der Waals surface area contributed by atoms with Crippen LogP contribution in [0.15, 0.2) is 48.5 Å². The Morgan fingerprint density at radius 1 is 1.26 bits per heavy atom. The van der Waals surface area contributed by atoms with Crippen LogP contribution < -0.4 is 5.32 Å². The van der Waals surface area contributed by atoms with Gasteiger partial charge in [0.05, 0.1) is 19.0 Å². The van der Waals surface area contributed by atoms with Crippen molar-refractivity contribution >= 4 is 18.1 Å². The highest BCUT2D eigenvalue weighted by atomic mass is 32.1. The number of H-pyrrole nitrogens is 1. The van der Waals surface area contributed by atoms with Gasteiger partial charge in [-0.2, -0.15) is 5.10 Å². The van der Waals surface area contributed by atoms with Crippen LogP contribution in [0.25, 0.3) is 0 Å². The first-order valence-electron chi connectivity index (χ1n) is 8.36. The largest absolute Gasteiger partial charge is 0.349 e. The minimum absolute atomic E-state index is 0.0207. The highest BCUT2D eigenvalue weighted by Gasteiger charge is 2.17. The number of carbonyl (C=O) groups excluding carboxylic acids is 1. The van der Waals surface area contributed by atoms with Gasteiger partial charge in [0.25, 0.3) is 0 Å². The summed E-state index contributed by atoms with van der Waals surface area (Å²) in [5.41, 5.74) is 1.24. The molecule has 140 valence electrons. The van der Waals surface area contributed by atoms with Crippen LogP contribution in [-0.4, -0.2) is 20.7 Å². The van der Waals surface area contributed by atoms with Gasteiger partial charge in [0.15, 0.2) is 4.77 Å². The SMILES string of the molecule is C[C@H](NC(=O)Cc1n[nH]c(=S)n1Cc1ccccc1)c1ccc(F)cc1F. The second-order valence-electron chi connectivity index (χ2n) is 6.15. The van der Waals surface area contributed by atoms with Gasteiger partial charge in [-0.05, 0) is 30.8 Å². The van der Waals surface area contributed by atoms with Gasteiger partial charge < -0.3 is 5.32 Å². The number of aromatic nitrogens is 3. The Kier molecular flexibility index (Phi) is 5.75. The number of carbonyl (C=O) groups is 1. The molecule has 1 atom stereocenters. The fourth-order valence-corrected chi connectivity index (χ4v) is 3.00. The van der Waals surface area contributed by atoms with Gasteiger partial charge in [-0.1, -0.05) is 36.4 Å². The molecule has 1 aromatic heterocycles. The van der Waals surface area contributed by atoms with Gasteiger partial charge in [0, 0.05) is 11.6 Å². The van der Waals surface area contributed by atoms with E-state index in [1.165, 1.54) is 6.07 Å². The lowest BCUT2D eigenvalue weighted by Crippen LogP contribution is -2.29. The lowest BCUT2D eigenvalue weighted by molar-refractivity contribution is -0.121. The van der Waals surface area contributed by atoms with Crippen molar-refractivity contribution in [2.45, 2.75) is 25.9 Å². The molecule has 8 heteroatoms.